The zero-order valence-corrected chi connectivity index (χ0v) is 14.6. The van der Waals surface area contributed by atoms with Crippen molar-refractivity contribution in [2.75, 3.05) is 6.61 Å². The summed E-state index contributed by atoms with van der Waals surface area (Å²) in [6.07, 6.45) is 4.52. The molecule has 5 unspecified atom stereocenters. The third-order valence-corrected chi connectivity index (χ3v) is 4.54. The number of ether oxygens (including phenoxy) is 2. The second kappa shape index (κ2) is 7.18. The summed E-state index contributed by atoms with van der Waals surface area (Å²) < 4.78 is 11.2. The zero-order valence-electron chi connectivity index (χ0n) is 14.6. The van der Waals surface area contributed by atoms with Crippen molar-refractivity contribution < 1.29 is 14.3 Å². The molecule has 1 aliphatic heterocycles. The smallest absolute Gasteiger partial charge is 0.407 e. The zero-order chi connectivity index (χ0) is 16.3. The molecule has 1 saturated heterocycles. The Morgan fingerprint density at radius 2 is 2.09 bits per heavy atom. The Kier molecular flexibility index (Phi) is 5.72. The van der Waals surface area contributed by atoms with Crippen LogP contribution in [0.4, 0.5) is 4.79 Å². The van der Waals surface area contributed by atoms with Crippen molar-refractivity contribution in [2.45, 2.75) is 90.1 Å². The van der Waals surface area contributed by atoms with Gasteiger partial charge in [0.2, 0.25) is 0 Å². The molecule has 0 spiro atoms. The average molecular weight is 312 g/mol. The van der Waals surface area contributed by atoms with Gasteiger partial charge in [0, 0.05) is 18.6 Å². The summed E-state index contributed by atoms with van der Waals surface area (Å²) in [7, 11) is 0. The summed E-state index contributed by atoms with van der Waals surface area (Å²) in [6.45, 7) is 10.9. The molecule has 128 valence electrons. The fourth-order valence-corrected chi connectivity index (χ4v) is 3.47. The number of carbonyl (C=O) groups excluding carboxylic acids is 1. The summed E-state index contributed by atoms with van der Waals surface area (Å²) >= 11 is 0. The number of rotatable bonds is 6. The number of carbonyl (C=O) groups is 1. The van der Waals surface area contributed by atoms with Crippen molar-refractivity contribution in [2.24, 2.45) is 5.92 Å². The van der Waals surface area contributed by atoms with Crippen LogP contribution < -0.4 is 10.6 Å². The van der Waals surface area contributed by atoms with Crippen LogP contribution in [0.25, 0.3) is 0 Å². The fourth-order valence-electron chi connectivity index (χ4n) is 3.47. The van der Waals surface area contributed by atoms with Crippen molar-refractivity contribution in [1.82, 2.24) is 10.6 Å². The second-order valence-corrected chi connectivity index (χ2v) is 7.70. The van der Waals surface area contributed by atoms with Crippen LogP contribution in [0, 0.1) is 5.92 Å². The standard InChI is InChI=1S/C17H32N2O3/c1-6-7-8-11(2)18-14-13(12-9-10-21-15(12)14)19-16(20)22-17(3,4)5/h11-15,18H,6-10H2,1-5H3,(H,19,20). The van der Waals surface area contributed by atoms with E-state index in [4.69, 9.17) is 9.47 Å². The van der Waals surface area contributed by atoms with E-state index in [1.54, 1.807) is 0 Å². The van der Waals surface area contributed by atoms with E-state index in [1.807, 2.05) is 20.8 Å². The minimum Gasteiger partial charge on any atom is -0.444 e. The van der Waals surface area contributed by atoms with E-state index in [1.165, 1.54) is 12.8 Å². The van der Waals surface area contributed by atoms with Crippen LogP contribution >= 0.6 is 0 Å². The maximum atomic E-state index is 12.1. The molecule has 0 bridgehead atoms. The molecular formula is C17H32N2O3. The number of amides is 1. The minimum atomic E-state index is -0.462. The average Bonchev–Trinajstić information content (AvgIpc) is 2.82. The topological polar surface area (TPSA) is 59.6 Å². The number of hydrogen-bond donors (Lipinski definition) is 2. The Labute approximate surface area is 134 Å². The molecule has 2 fully saturated rings. The Morgan fingerprint density at radius 3 is 2.73 bits per heavy atom. The lowest BCUT2D eigenvalue weighted by Gasteiger charge is -2.49. The molecule has 1 heterocycles. The lowest BCUT2D eigenvalue weighted by molar-refractivity contribution is -0.0373. The van der Waals surface area contributed by atoms with E-state index in [-0.39, 0.29) is 24.3 Å². The van der Waals surface area contributed by atoms with E-state index in [2.05, 4.69) is 24.5 Å². The third-order valence-electron chi connectivity index (χ3n) is 4.54. The van der Waals surface area contributed by atoms with Gasteiger partial charge in [-0.05, 0) is 40.5 Å². The van der Waals surface area contributed by atoms with Gasteiger partial charge in [-0.25, -0.2) is 4.79 Å². The molecule has 0 radical (unpaired) electrons. The quantitative estimate of drug-likeness (QED) is 0.792. The lowest BCUT2D eigenvalue weighted by atomic mass is 9.71. The van der Waals surface area contributed by atoms with Crippen molar-refractivity contribution in [3.8, 4) is 0 Å². The van der Waals surface area contributed by atoms with Crippen LogP contribution in [0.2, 0.25) is 0 Å². The second-order valence-electron chi connectivity index (χ2n) is 7.70. The van der Waals surface area contributed by atoms with Gasteiger partial charge in [-0.3, -0.25) is 0 Å². The van der Waals surface area contributed by atoms with Gasteiger partial charge in [0.15, 0.2) is 0 Å². The van der Waals surface area contributed by atoms with E-state index in [0.717, 1.165) is 19.4 Å². The predicted octanol–water partition coefficient (Wildman–Crippen LogP) is 2.84. The van der Waals surface area contributed by atoms with Crippen LogP contribution in [0.3, 0.4) is 0 Å². The van der Waals surface area contributed by atoms with Gasteiger partial charge in [0.25, 0.3) is 0 Å². The number of nitrogens with one attached hydrogen (secondary N) is 2. The lowest BCUT2D eigenvalue weighted by Crippen LogP contribution is -2.71. The van der Waals surface area contributed by atoms with Crippen molar-refractivity contribution in [1.29, 1.82) is 0 Å². The highest BCUT2D eigenvalue weighted by molar-refractivity contribution is 5.68. The van der Waals surface area contributed by atoms with Crippen LogP contribution in [0.1, 0.15) is 60.3 Å². The Hall–Kier alpha value is -0.810. The maximum Gasteiger partial charge on any atom is 0.407 e. The molecule has 2 N–H and O–H groups in total. The van der Waals surface area contributed by atoms with E-state index < -0.39 is 5.60 Å². The molecule has 1 aliphatic carbocycles. The summed E-state index contributed by atoms with van der Waals surface area (Å²) in [5, 5.41) is 6.70. The first-order valence-electron chi connectivity index (χ1n) is 8.69. The van der Waals surface area contributed by atoms with Gasteiger partial charge in [-0.15, -0.1) is 0 Å². The minimum absolute atomic E-state index is 0.117. The molecule has 5 nitrogen and oxygen atoms in total. The molecule has 1 saturated carbocycles. The van der Waals surface area contributed by atoms with Crippen molar-refractivity contribution in [3.63, 3.8) is 0 Å². The fraction of sp³-hybridized carbons (Fsp3) is 0.941. The van der Waals surface area contributed by atoms with E-state index >= 15 is 0 Å². The van der Waals surface area contributed by atoms with Gasteiger partial charge >= 0.3 is 6.09 Å². The molecule has 5 atom stereocenters. The molecule has 2 rings (SSSR count). The first-order valence-corrected chi connectivity index (χ1v) is 8.69. The SMILES string of the molecule is CCCCC(C)NC1C(NC(=O)OC(C)(C)C)C2CCOC21. The molecular weight excluding hydrogens is 280 g/mol. The number of alkyl carbamates (subject to hydrolysis) is 1. The summed E-state index contributed by atoms with van der Waals surface area (Å²) in [6, 6.07) is 0.760. The van der Waals surface area contributed by atoms with E-state index in [9.17, 15) is 4.79 Å². The Bertz CT molecular complexity index is 381. The van der Waals surface area contributed by atoms with Gasteiger partial charge < -0.3 is 20.1 Å². The van der Waals surface area contributed by atoms with Crippen molar-refractivity contribution >= 4 is 6.09 Å². The van der Waals surface area contributed by atoms with Gasteiger partial charge in [-0.2, -0.15) is 0 Å². The molecule has 0 aromatic carbocycles. The summed E-state index contributed by atoms with van der Waals surface area (Å²) in [4.78, 5) is 12.1. The molecule has 0 aromatic rings. The summed E-state index contributed by atoms with van der Waals surface area (Å²) in [5.41, 5.74) is -0.462. The molecule has 2 aliphatic rings. The van der Waals surface area contributed by atoms with Gasteiger partial charge in [0.1, 0.15) is 5.60 Å². The van der Waals surface area contributed by atoms with Gasteiger partial charge in [-0.1, -0.05) is 19.8 Å². The number of fused-ring (bicyclic) bond motifs is 1. The number of hydrogen-bond acceptors (Lipinski definition) is 4. The monoisotopic (exact) mass is 312 g/mol. The van der Waals surface area contributed by atoms with E-state index in [0.29, 0.717) is 12.0 Å². The normalized spacial score (nSPS) is 32.0. The van der Waals surface area contributed by atoms with Crippen LogP contribution in [0.15, 0.2) is 0 Å². The molecule has 0 aromatic heterocycles. The summed E-state index contributed by atoms with van der Waals surface area (Å²) in [5.74, 6) is 0.420. The Morgan fingerprint density at radius 1 is 1.36 bits per heavy atom. The van der Waals surface area contributed by atoms with Crippen LogP contribution in [-0.2, 0) is 9.47 Å². The third kappa shape index (κ3) is 4.35. The highest BCUT2D eigenvalue weighted by atomic mass is 16.6. The molecule has 1 amide bonds. The Balaban J connectivity index is 1.88. The van der Waals surface area contributed by atoms with Crippen molar-refractivity contribution in [3.05, 3.63) is 0 Å². The largest absolute Gasteiger partial charge is 0.444 e. The maximum absolute atomic E-state index is 12.1. The molecule has 22 heavy (non-hydrogen) atoms. The highest BCUT2D eigenvalue weighted by Gasteiger charge is 2.54. The predicted molar refractivity (Wildman–Crippen MR) is 86.9 cm³/mol. The van der Waals surface area contributed by atoms with Gasteiger partial charge in [0.05, 0.1) is 18.2 Å². The highest BCUT2D eigenvalue weighted by Crippen LogP contribution is 2.39. The van der Waals surface area contributed by atoms with Crippen LogP contribution in [0.5, 0.6) is 0 Å². The molecule has 5 heteroatoms. The first-order chi connectivity index (χ1) is 10.3. The first kappa shape index (κ1) is 17.5. The number of unbranched alkanes of at least 4 members (excludes halogenated alkanes) is 1. The van der Waals surface area contributed by atoms with Crippen LogP contribution in [-0.4, -0.2) is 42.5 Å².